The fraction of sp³-hybridized carbons (Fsp3) is 0.500. The lowest BCUT2D eigenvalue weighted by Gasteiger charge is -2.40. The van der Waals surface area contributed by atoms with Crippen molar-refractivity contribution >= 4 is 23.4 Å². The van der Waals surface area contributed by atoms with Crippen LogP contribution in [0.25, 0.3) is 0 Å². The average molecular weight is 516 g/mol. The van der Waals surface area contributed by atoms with Gasteiger partial charge >= 0.3 is 15.6 Å². The first-order valence-electron chi connectivity index (χ1n) is 11.0. The topological polar surface area (TPSA) is 55.8 Å². The summed E-state index contributed by atoms with van der Waals surface area (Å²) in [5, 5.41) is 1.98. The molecule has 1 unspecified atom stereocenters. The van der Waals surface area contributed by atoms with Gasteiger partial charge in [0.05, 0.1) is 8.07 Å². The highest BCUT2D eigenvalue weighted by atomic mass is 32.2. The van der Waals surface area contributed by atoms with Crippen LogP contribution >= 0.6 is 0 Å². The first-order valence-corrected chi connectivity index (χ1v) is 15.4. The van der Waals surface area contributed by atoms with Gasteiger partial charge in [0, 0.05) is 11.1 Å². The van der Waals surface area contributed by atoms with E-state index in [9.17, 15) is 21.6 Å². The molecule has 1 heterocycles. The second-order valence-corrected chi connectivity index (χ2v) is 17.9. The van der Waals surface area contributed by atoms with Crippen LogP contribution in [0.3, 0.4) is 0 Å². The molecule has 0 fully saturated rings. The first-order chi connectivity index (χ1) is 15.3. The molecule has 188 valence electrons. The average Bonchev–Trinajstić information content (AvgIpc) is 3.06. The maximum absolute atomic E-state index is 13.3. The molecular weight excluding hydrogens is 483 g/mol. The van der Waals surface area contributed by atoms with E-state index in [1.807, 2.05) is 90.0 Å². The molecule has 0 radical (unpaired) electrons. The number of hydroxylamine groups is 2. The first kappa shape index (κ1) is 26.6. The van der Waals surface area contributed by atoms with E-state index in [0.29, 0.717) is 16.5 Å². The van der Waals surface area contributed by atoms with Crippen molar-refractivity contribution in [1.82, 2.24) is 5.06 Å². The number of alkyl halides is 3. The minimum Gasteiger partial charge on any atom is -0.404 e. The zero-order valence-corrected chi connectivity index (χ0v) is 22.6. The predicted molar refractivity (Wildman–Crippen MR) is 129 cm³/mol. The highest BCUT2D eigenvalue weighted by Gasteiger charge is 2.52. The van der Waals surface area contributed by atoms with Crippen molar-refractivity contribution in [3.8, 4) is 11.5 Å². The van der Waals surface area contributed by atoms with Gasteiger partial charge in [-0.15, -0.1) is 5.06 Å². The van der Waals surface area contributed by atoms with Crippen molar-refractivity contribution in [2.24, 2.45) is 0 Å². The van der Waals surface area contributed by atoms with Crippen molar-refractivity contribution in [1.29, 1.82) is 0 Å². The summed E-state index contributed by atoms with van der Waals surface area (Å²) in [5.41, 5.74) is -4.47. The fourth-order valence-electron chi connectivity index (χ4n) is 3.92. The lowest BCUT2D eigenvalue weighted by Crippen LogP contribution is -2.53. The molecule has 2 aromatic rings. The molecule has 0 bridgehead atoms. The van der Waals surface area contributed by atoms with Gasteiger partial charge in [-0.1, -0.05) is 64.2 Å². The van der Waals surface area contributed by atoms with Gasteiger partial charge in [0.15, 0.2) is 5.75 Å². The predicted octanol–water partition coefficient (Wildman–Crippen LogP) is 6.13. The van der Waals surface area contributed by atoms with E-state index in [2.05, 4.69) is 0 Å². The number of hydrogen-bond donors (Lipinski definition) is 0. The van der Waals surface area contributed by atoms with Gasteiger partial charge in [-0.3, -0.25) is 0 Å². The van der Waals surface area contributed by atoms with Crippen molar-refractivity contribution < 1.29 is 30.6 Å². The number of halogens is 3. The van der Waals surface area contributed by atoms with Crippen LogP contribution < -0.4 is 14.2 Å². The summed E-state index contributed by atoms with van der Waals surface area (Å²) in [6.07, 6.45) is 0. The molecule has 1 aliphatic rings. The summed E-state index contributed by atoms with van der Waals surface area (Å²) in [6, 6.07) is 11.8. The van der Waals surface area contributed by atoms with E-state index in [1.165, 1.54) is 12.1 Å². The third-order valence-corrected chi connectivity index (χ3v) is 13.1. The van der Waals surface area contributed by atoms with Gasteiger partial charge in [0.2, 0.25) is 0 Å². The van der Waals surface area contributed by atoms with Gasteiger partial charge in [-0.05, 0) is 48.7 Å². The fourth-order valence-corrected chi connectivity index (χ4v) is 6.90. The summed E-state index contributed by atoms with van der Waals surface area (Å²) in [6.45, 7) is 16.0. The maximum atomic E-state index is 13.3. The molecule has 34 heavy (non-hydrogen) atoms. The molecule has 2 aromatic carbocycles. The molecule has 0 spiro atoms. The SMILES string of the molecule is CC(C)(C)N1Oc2ccc(OS(=O)(=O)C(F)(F)F)c([Si](C)(C)C(C)(C)C)c2C1c1ccccc1. The van der Waals surface area contributed by atoms with Gasteiger partial charge < -0.3 is 9.02 Å². The van der Waals surface area contributed by atoms with Crippen molar-refractivity contribution in [3.05, 3.63) is 53.6 Å². The Bertz CT molecular complexity index is 1170. The summed E-state index contributed by atoms with van der Waals surface area (Å²) in [7, 11) is -8.52. The lowest BCUT2D eigenvalue weighted by molar-refractivity contribution is -0.128. The zero-order valence-electron chi connectivity index (χ0n) is 20.7. The second kappa shape index (κ2) is 8.27. The molecule has 0 saturated heterocycles. The molecule has 1 atom stereocenters. The summed E-state index contributed by atoms with van der Waals surface area (Å²) in [5.74, 6) is 0.198. The van der Waals surface area contributed by atoms with Gasteiger partial charge in [0.1, 0.15) is 11.8 Å². The molecule has 0 aromatic heterocycles. The summed E-state index contributed by atoms with van der Waals surface area (Å²) in [4.78, 5) is 6.27. The van der Waals surface area contributed by atoms with Crippen LogP contribution in [-0.2, 0) is 10.1 Å². The van der Waals surface area contributed by atoms with Crippen molar-refractivity contribution in [2.75, 3.05) is 0 Å². The van der Waals surface area contributed by atoms with Crippen LogP contribution in [0.4, 0.5) is 13.2 Å². The van der Waals surface area contributed by atoms with Gasteiger partial charge in [-0.2, -0.15) is 21.6 Å². The van der Waals surface area contributed by atoms with Crippen molar-refractivity contribution in [3.63, 3.8) is 0 Å². The smallest absolute Gasteiger partial charge is 0.404 e. The minimum absolute atomic E-state index is 0.289. The van der Waals surface area contributed by atoms with E-state index in [4.69, 9.17) is 9.02 Å². The number of rotatable bonds is 4. The zero-order chi connectivity index (χ0) is 25.9. The molecule has 0 saturated carbocycles. The number of hydrogen-bond acceptors (Lipinski definition) is 5. The van der Waals surface area contributed by atoms with E-state index >= 15 is 0 Å². The van der Waals surface area contributed by atoms with E-state index in [0.717, 1.165) is 5.56 Å². The number of benzene rings is 2. The Labute approximate surface area is 201 Å². The van der Waals surface area contributed by atoms with E-state index in [-0.39, 0.29) is 10.8 Å². The van der Waals surface area contributed by atoms with Crippen LogP contribution in [0, 0.1) is 0 Å². The van der Waals surface area contributed by atoms with Gasteiger partial charge in [0.25, 0.3) is 0 Å². The Hall–Kier alpha value is -2.04. The largest absolute Gasteiger partial charge is 0.534 e. The Morgan fingerprint density at radius 3 is 1.97 bits per heavy atom. The number of nitrogens with zero attached hydrogens (tertiary/aromatic N) is 1. The van der Waals surface area contributed by atoms with Crippen LogP contribution in [0.5, 0.6) is 11.5 Å². The van der Waals surface area contributed by atoms with Crippen LogP contribution in [0.2, 0.25) is 18.1 Å². The third-order valence-electron chi connectivity index (χ3n) is 6.63. The molecule has 1 aliphatic heterocycles. The van der Waals surface area contributed by atoms with Crippen LogP contribution in [0.1, 0.15) is 58.7 Å². The van der Waals surface area contributed by atoms with Crippen LogP contribution in [0.15, 0.2) is 42.5 Å². The molecule has 3 rings (SSSR count). The molecule has 0 aliphatic carbocycles. The molecular formula is C24H32F3NO4SSi. The molecule has 0 N–H and O–H groups in total. The third kappa shape index (κ3) is 4.59. The Kier molecular flexibility index (Phi) is 6.46. The Morgan fingerprint density at radius 1 is 0.941 bits per heavy atom. The Balaban J connectivity index is 2.39. The quantitative estimate of drug-likeness (QED) is 0.279. The second-order valence-electron chi connectivity index (χ2n) is 11.1. The maximum Gasteiger partial charge on any atom is 0.534 e. The monoisotopic (exact) mass is 515 g/mol. The van der Waals surface area contributed by atoms with E-state index in [1.54, 1.807) is 0 Å². The normalized spacial score (nSPS) is 17.9. The molecule has 10 heteroatoms. The molecule has 0 amide bonds. The Morgan fingerprint density at radius 2 is 1.50 bits per heavy atom. The van der Waals surface area contributed by atoms with Crippen LogP contribution in [-0.4, -0.2) is 32.6 Å². The standard InChI is InChI=1S/C24H32F3NO4SSi/c1-22(2,3)28-20(16-12-10-9-11-13-16)19-17(31-28)14-15-18(32-33(29,30)24(25,26)27)21(19)34(7,8)23(4,5)6/h9-15,20H,1-8H3. The summed E-state index contributed by atoms with van der Waals surface area (Å²) >= 11 is 0. The lowest BCUT2D eigenvalue weighted by atomic mass is 9.95. The van der Waals surface area contributed by atoms with E-state index < -0.39 is 35.3 Å². The van der Waals surface area contributed by atoms with Gasteiger partial charge in [-0.25, -0.2) is 0 Å². The number of fused-ring (bicyclic) bond motifs is 1. The summed E-state index contributed by atoms with van der Waals surface area (Å²) < 4.78 is 68.8. The highest BCUT2D eigenvalue weighted by molar-refractivity contribution is 7.88. The highest BCUT2D eigenvalue weighted by Crippen LogP contribution is 2.49. The minimum atomic E-state index is -5.85. The van der Waals surface area contributed by atoms with Crippen molar-refractivity contribution in [2.45, 2.75) is 76.8 Å². The molecule has 5 nitrogen and oxygen atoms in total.